The summed E-state index contributed by atoms with van der Waals surface area (Å²) in [6.45, 7) is 1.94. The number of hydrogen-bond acceptors (Lipinski definition) is 2. The molecule has 1 aliphatic heterocycles. The fourth-order valence-corrected chi connectivity index (χ4v) is 3.81. The number of H-pyrrole nitrogens is 1. The SMILES string of the molecule is Fc1ccc(-c2cn[nH]c2[C@H]2CCCN(Cc3cc(F)ccc3F)C2)cc1. The molecule has 140 valence electrons. The highest BCUT2D eigenvalue weighted by atomic mass is 19.1. The first-order chi connectivity index (χ1) is 13.1. The normalized spacial score (nSPS) is 18.0. The van der Waals surface area contributed by atoms with Crippen LogP contribution in [0.2, 0.25) is 0 Å². The Kier molecular flexibility index (Phi) is 4.99. The Bertz CT molecular complexity index is 921. The molecule has 0 spiro atoms. The predicted octanol–water partition coefficient (Wildman–Crippen LogP) is 4.87. The van der Waals surface area contributed by atoms with Gasteiger partial charge in [0.25, 0.3) is 0 Å². The molecule has 4 rings (SSSR count). The molecule has 1 aliphatic rings. The molecule has 6 heteroatoms. The first-order valence-electron chi connectivity index (χ1n) is 9.05. The van der Waals surface area contributed by atoms with E-state index in [1.807, 2.05) is 0 Å². The highest BCUT2D eigenvalue weighted by Gasteiger charge is 2.25. The molecule has 3 aromatic rings. The third kappa shape index (κ3) is 3.90. The van der Waals surface area contributed by atoms with Crippen LogP contribution in [0.15, 0.2) is 48.7 Å². The summed E-state index contributed by atoms with van der Waals surface area (Å²) in [6, 6.07) is 9.93. The molecule has 0 radical (unpaired) electrons. The van der Waals surface area contributed by atoms with Crippen LogP contribution in [0.3, 0.4) is 0 Å². The van der Waals surface area contributed by atoms with E-state index in [4.69, 9.17) is 0 Å². The molecular weight excluding hydrogens is 351 g/mol. The van der Waals surface area contributed by atoms with Crippen LogP contribution < -0.4 is 0 Å². The van der Waals surface area contributed by atoms with Crippen molar-refractivity contribution in [2.45, 2.75) is 25.3 Å². The Morgan fingerprint density at radius 2 is 1.81 bits per heavy atom. The summed E-state index contributed by atoms with van der Waals surface area (Å²) in [7, 11) is 0. The second-order valence-corrected chi connectivity index (χ2v) is 7.01. The third-order valence-electron chi connectivity index (χ3n) is 5.14. The van der Waals surface area contributed by atoms with Crippen LogP contribution in [-0.4, -0.2) is 28.2 Å². The number of benzene rings is 2. The van der Waals surface area contributed by atoms with Crippen LogP contribution in [-0.2, 0) is 6.54 Å². The molecule has 1 aromatic heterocycles. The molecule has 0 bridgehead atoms. The molecule has 0 aliphatic carbocycles. The Balaban J connectivity index is 1.53. The monoisotopic (exact) mass is 371 g/mol. The van der Waals surface area contributed by atoms with Gasteiger partial charge in [-0.2, -0.15) is 5.10 Å². The topological polar surface area (TPSA) is 31.9 Å². The smallest absolute Gasteiger partial charge is 0.127 e. The predicted molar refractivity (Wildman–Crippen MR) is 97.6 cm³/mol. The molecule has 0 amide bonds. The minimum Gasteiger partial charge on any atom is -0.298 e. The second-order valence-electron chi connectivity index (χ2n) is 7.01. The largest absolute Gasteiger partial charge is 0.298 e. The zero-order chi connectivity index (χ0) is 18.8. The van der Waals surface area contributed by atoms with Crippen molar-refractivity contribution in [2.24, 2.45) is 0 Å². The van der Waals surface area contributed by atoms with Crippen molar-refractivity contribution in [3.63, 3.8) is 0 Å². The van der Waals surface area contributed by atoms with Crippen molar-refractivity contribution in [1.82, 2.24) is 15.1 Å². The van der Waals surface area contributed by atoms with Crippen LogP contribution >= 0.6 is 0 Å². The summed E-state index contributed by atoms with van der Waals surface area (Å²) in [5.41, 5.74) is 3.25. The lowest BCUT2D eigenvalue weighted by molar-refractivity contribution is 0.196. The van der Waals surface area contributed by atoms with Crippen molar-refractivity contribution in [3.05, 3.63) is 77.4 Å². The molecule has 1 saturated heterocycles. The molecule has 2 heterocycles. The van der Waals surface area contributed by atoms with Crippen molar-refractivity contribution in [3.8, 4) is 11.1 Å². The van der Waals surface area contributed by atoms with Crippen molar-refractivity contribution >= 4 is 0 Å². The van der Waals surface area contributed by atoms with E-state index in [9.17, 15) is 13.2 Å². The maximum atomic E-state index is 14.0. The summed E-state index contributed by atoms with van der Waals surface area (Å²) >= 11 is 0. The number of aromatic amines is 1. The van der Waals surface area contributed by atoms with Crippen LogP contribution in [0.1, 0.15) is 30.0 Å². The number of piperidine rings is 1. The van der Waals surface area contributed by atoms with Gasteiger partial charge in [0.2, 0.25) is 0 Å². The molecule has 27 heavy (non-hydrogen) atoms. The lowest BCUT2D eigenvalue weighted by Gasteiger charge is -2.32. The lowest BCUT2D eigenvalue weighted by atomic mass is 9.90. The molecular formula is C21H20F3N3. The average molecular weight is 371 g/mol. The van der Waals surface area contributed by atoms with Gasteiger partial charge in [-0.15, -0.1) is 0 Å². The number of likely N-dealkylation sites (tertiary alicyclic amines) is 1. The van der Waals surface area contributed by atoms with Gasteiger partial charge in [-0.3, -0.25) is 10.00 Å². The molecule has 1 atom stereocenters. The fourth-order valence-electron chi connectivity index (χ4n) is 3.81. The fraction of sp³-hybridized carbons (Fsp3) is 0.286. The van der Waals surface area contributed by atoms with Crippen LogP contribution in [0.5, 0.6) is 0 Å². The van der Waals surface area contributed by atoms with Gasteiger partial charge in [0.15, 0.2) is 0 Å². The van der Waals surface area contributed by atoms with E-state index >= 15 is 0 Å². The van der Waals surface area contributed by atoms with E-state index in [-0.39, 0.29) is 17.6 Å². The lowest BCUT2D eigenvalue weighted by Crippen LogP contribution is -2.34. The summed E-state index contributed by atoms with van der Waals surface area (Å²) in [6.07, 6.45) is 3.70. The number of hydrogen-bond donors (Lipinski definition) is 1. The summed E-state index contributed by atoms with van der Waals surface area (Å²) in [5, 5.41) is 7.27. The molecule has 2 aromatic carbocycles. The molecule has 1 N–H and O–H groups in total. The molecule has 0 saturated carbocycles. The van der Waals surface area contributed by atoms with Gasteiger partial charge in [0.1, 0.15) is 17.5 Å². The highest BCUT2D eigenvalue weighted by molar-refractivity contribution is 5.65. The molecule has 3 nitrogen and oxygen atoms in total. The van der Waals surface area contributed by atoms with Gasteiger partial charge < -0.3 is 0 Å². The zero-order valence-corrected chi connectivity index (χ0v) is 14.8. The Morgan fingerprint density at radius 3 is 2.63 bits per heavy atom. The quantitative estimate of drug-likeness (QED) is 0.709. The molecule has 1 fully saturated rings. The number of rotatable bonds is 4. The summed E-state index contributed by atoms with van der Waals surface area (Å²) < 4.78 is 40.6. The summed E-state index contributed by atoms with van der Waals surface area (Å²) in [5.74, 6) is -0.873. The first-order valence-corrected chi connectivity index (χ1v) is 9.05. The Hall–Kier alpha value is -2.60. The van der Waals surface area contributed by atoms with E-state index in [2.05, 4.69) is 15.1 Å². The van der Waals surface area contributed by atoms with Gasteiger partial charge in [-0.1, -0.05) is 12.1 Å². The number of aromatic nitrogens is 2. The van der Waals surface area contributed by atoms with Crippen molar-refractivity contribution in [2.75, 3.05) is 13.1 Å². The van der Waals surface area contributed by atoms with Gasteiger partial charge in [-0.25, -0.2) is 13.2 Å². The number of nitrogens with zero attached hydrogens (tertiary/aromatic N) is 2. The summed E-state index contributed by atoms with van der Waals surface area (Å²) in [4.78, 5) is 2.14. The van der Waals surface area contributed by atoms with Crippen molar-refractivity contribution < 1.29 is 13.2 Å². The van der Waals surface area contributed by atoms with E-state index in [1.165, 1.54) is 24.3 Å². The molecule has 0 unspecified atom stereocenters. The first kappa shape index (κ1) is 17.8. The third-order valence-corrected chi connectivity index (χ3v) is 5.14. The van der Waals surface area contributed by atoms with Crippen molar-refractivity contribution in [1.29, 1.82) is 0 Å². The van der Waals surface area contributed by atoms with Gasteiger partial charge in [-0.05, 0) is 55.3 Å². The maximum Gasteiger partial charge on any atom is 0.127 e. The van der Waals surface area contributed by atoms with E-state index in [0.29, 0.717) is 12.1 Å². The Morgan fingerprint density at radius 1 is 1.04 bits per heavy atom. The minimum absolute atomic E-state index is 0.206. The van der Waals surface area contributed by atoms with Crippen LogP contribution in [0.25, 0.3) is 11.1 Å². The Labute approximate surface area is 155 Å². The zero-order valence-electron chi connectivity index (χ0n) is 14.8. The van der Waals surface area contributed by atoms with Crippen LogP contribution in [0, 0.1) is 17.5 Å². The number of halogens is 3. The highest BCUT2D eigenvalue weighted by Crippen LogP contribution is 2.33. The van der Waals surface area contributed by atoms with Gasteiger partial charge in [0.05, 0.1) is 6.20 Å². The van der Waals surface area contributed by atoms with Gasteiger partial charge >= 0.3 is 0 Å². The number of nitrogens with one attached hydrogen (secondary N) is 1. The van der Waals surface area contributed by atoms with E-state index < -0.39 is 5.82 Å². The maximum absolute atomic E-state index is 14.0. The van der Waals surface area contributed by atoms with Gasteiger partial charge in [0, 0.05) is 35.8 Å². The minimum atomic E-state index is -0.424. The van der Waals surface area contributed by atoms with E-state index in [0.717, 1.165) is 48.8 Å². The second kappa shape index (κ2) is 7.56. The average Bonchev–Trinajstić information content (AvgIpc) is 3.15. The standard InChI is InChI=1S/C21H20F3N3/c22-17-5-3-14(4-6-17)19-11-25-26-21(19)15-2-1-9-27(12-15)13-16-10-18(23)7-8-20(16)24/h3-8,10-11,15H,1-2,9,12-13H2,(H,25,26)/t15-/m0/s1. The van der Waals surface area contributed by atoms with E-state index in [1.54, 1.807) is 18.3 Å². The van der Waals surface area contributed by atoms with Crippen LogP contribution in [0.4, 0.5) is 13.2 Å².